The Labute approximate surface area is 160 Å². The van der Waals surface area contributed by atoms with Gasteiger partial charge in [0.15, 0.2) is 10.4 Å². The molecule has 0 bridgehead atoms. The minimum Gasteiger partial charge on any atom is -0.507 e. The van der Waals surface area contributed by atoms with Crippen LogP contribution in [0, 0.1) is 13.8 Å². The molecule has 1 aromatic heterocycles. The third-order valence-electron chi connectivity index (χ3n) is 4.34. The van der Waals surface area contributed by atoms with Crippen molar-refractivity contribution in [2.24, 2.45) is 0 Å². The molecule has 1 N–H and O–H groups in total. The third kappa shape index (κ3) is 3.51. The monoisotopic (exact) mass is 442 g/mol. The van der Waals surface area contributed by atoms with E-state index in [-0.39, 0.29) is 48.5 Å². The van der Waals surface area contributed by atoms with E-state index in [1.54, 1.807) is 30.9 Å². The molecule has 0 atom stereocenters. The third-order valence-corrected chi connectivity index (χ3v) is 6.66. The first-order chi connectivity index (χ1) is 12.2. The van der Waals surface area contributed by atoms with Gasteiger partial charge in [-0.25, -0.2) is 8.42 Å². The second-order valence-corrected chi connectivity index (χ2v) is 8.92. The summed E-state index contributed by atoms with van der Waals surface area (Å²) < 4.78 is 32.8. The molecule has 0 unspecified atom stereocenters. The zero-order valence-corrected chi connectivity index (χ0v) is 16.8. The van der Waals surface area contributed by atoms with Gasteiger partial charge in [0.2, 0.25) is 10.0 Å². The average Bonchev–Trinajstić information content (AvgIpc) is 2.94. The van der Waals surface area contributed by atoms with Crippen molar-refractivity contribution in [3.05, 3.63) is 45.8 Å². The zero-order valence-electron chi connectivity index (χ0n) is 14.4. The van der Waals surface area contributed by atoms with E-state index in [2.05, 4.69) is 15.9 Å². The number of hydrogen-bond acceptors (Lipinski definition) is 5. The van der Waals surface area contributed by atoms with E-state index in [0.29, 0.717) is 4.67 Å². The fourth-order valence-electron chi connectivity index (χ4n) is 2.90. The van der Waals surface area contributed by atoms with E-state index in [0.717, 1.165) is 11.1 Å². The van der Waals surface area contributed by atoms with Crippen LogP contribution in [0.15, 0.2) is 38.2 Å². The van der Waals surface area contributed by atoms with Crippen molar-refractivity contribution in [2.45, 2.75) is 18.7 Å². The molecule has 0 aliphatic carbocycles. The Morgan fingerprint density at radius 3 is 2.38 bits per heavy atom. The second-order valence-electron chi connectivity index (χ2n) is 6.23. The summed E-state index contributed by atoms with van der Waals surface area (Å²) in [6, 6.07) is 6.19. The standard InChI is InChI=1S/C17H19BrN2O5S/c1-11-3-4-13(21)14(9-11)26(23,24)20-7-5-19(6-8-20)17(22)16-12(2)10-15(18)25-16/h3-4,9-10,21H,5-8H2,1-2H3. The lowest BCUT2D eigenvalue weighted by Gasteiger charge is -2.33. The van der Waals surface area contributed by atoms with Crippen molar-refractivity contribution >= 4 is 31.9 Å². The second kappa shape index (κ2) is 7.05. The van der Waals surface area contributed by atoms with Crippen LogP contribution in [0.2, 0.25) is 0 Å². The molecule has 1 amide bonds. The molecular weight excluding hydrogens is 424 g/mol. The number of carbonyl (C=O) groups is 1. The van der Waals surface area contributed by atoms with Gasteiger partial charge < -0.3 is 14.4 Å². The highest BCUT2D eigenvalue weighted by atomic mass is 79.9. The summed E-state index contributed by atoms with van der Waals surface area (Å²) in [5.74, 6) is -0.279. The number of rotatable bonds is 3. The van der Waals surface area contributed by atoms with Crippen LogP contribution in [-0.4, -0.2) is 54.8 Å². The summed E-state index contributed by atoms with van der Waals surface area (Å²) in [7, 11) is -3.82. The molecule has 0 saturated carbocycles. The lowest BCUT2D eigenvalue weighted by Crippen LogP contribution is -2.50. The van der Waals surface area contributed by atoms with Gasteiger partial charge in [-0.05, 0) is 53.5 Å². The van der Waals surface area contributed by atoms with Crippen LogP contribution in [0.4, 0.5) is 0 Å². The molecule has 3 rings (SSSR count). The quantitative estimate of drug-likeness (QED) is 0.788. The summed E-state index contributed by atoms with van der Waals surface area (Å²) in [5, 5.41) is 9.94. The number of nitrogens with zero attached hydrogens (tertiary/aromatic N) is 2. The first-order valence-corrected chi connectivity index (χ1v) is 10.3. The number of phenols is 1. The Hall–Kier alpha value is -1.84. The minimum absolute atomic E-state index is 0.108. The molecule has 1 fully saturated rings. The zero-order chi connectivity index (χ0) is 19.1. The van der Waals surface area contributed by atoms with Crippen LogP contribution in [0.5, 0.6) is 5.75 Å². The van der Waals surface area contributed by atoms with Crippen LogP contribution in [0.1, 0.15) is 21.7 Å². The SMILES string of the molecule is Cc1ccc(O)c(S(=O)(=O)N2CCN(C(=O)c3oc(Br)cc3C)CC2)c1. The van der Waals surface area contributed by atoms with Crippen molar-refractivity contribution < 1.29 is 22.7 Å². The molecule has 2 heterocycles. The number of aromatic hydroxyl groups is 1. The van der Waals surface area contributed by atoms with Crippen LogP contribution >= 0.6 is 15.9 Å². The number of sulfonamides is 1. The normalized spacial score (nSPS) is 16.0. The Balaban J connectivity index is 1.75. The highest BCUT2D eigenvalue weighted by Gasteiger charge is 2.33. The summed E-state index contributed by atoms with van der Waals surface area (Å²) in [6.45, 7) is 4.36. The smallest absolute Gasteiger partial charge is 0.289 e. The van der Waals surface area contributed by atoms with Gasteiger partial charge in [-0.3, -0.25) is 4.79 Å². The first-order valence-electron chi connectivity index (χ1n) is 8.05. The number of aryl methyl sites for hydroxylation is 2. The number of halogens is 1. The maximum absolute atomic E-state index is 12.8. The summed E-state index contributed by atoms with van der Waals surface area (Å²) >= 11 is 3.20. The van der Waals surface area contributed by atoms with Gasteiger partial charge in [0, 0.05) is 31.7 Å². The lowest BCUT2D eigenvalue weighted by atomic mass is 10.2. The van der Waals surface area contributed by atoms with Crippen LogP contribution in [0.25, 0.3) is 0 Å². The highest BCUT2D eigenvalue weighted by Crippen LogP contribution is 2.28. The van der Waals surface area contributed by atoms with Crippen LogP contribution in [-0.2, 0) is 10.0 Å². The highest BCUT2D eigenvalue weighted by molar-refractivity contribution is 9.10. The van der Waals surface area contributed by atoms with E-state index >= 15 is 0 Å². The molecule has 1 aliphatic heterocycles. The van der Waals surface area contributed by atoms with Gasteiger partial charge in [0.05, 0.1) is 0 Å². The number of amides is 1. The van der Waals surface area contributed by atoms with Gasteiger partial charge in [0.1, 0.15) is 10.6 Å². The van der Waals surface area contributed by atoms with Gasteiger partial charge in [0.25, 0.3) is 5.91 Å². The number of carbonyl (C=O) groups excluding carboxylic acids is 1. The van der Waals surface area contributed by atoms with Crippen molar-refractivity contribution in [3.8, 4) is 5.75 Å². The molecule has 9 heteroatoms. The Morgan fingerprint density at radius 1 is 1.15 bits per heavy atom. The fraction of sp³-hybridized carbons (Fsp3) is 0.353. The van der Waals surface area contributed by atoms with Gasteiger partial charge in [-0.15, -0.1) is 0 Å². The summed E-state index contributed by atoms with van der Waals surface area (Å²) in [5.41, 5.74) is 1.47. The molecule has 7 nitrogen and oxygen atoms in total. The number of hydrogen-bond donors (Lipinski definition) is 1. The molecule has 2 aromatic rings. The topological polar surface area (TPSA) is 91.1 Å². The van der Waals surface area contributed by atoms with E-state index in [9.17, 15) is 18.3 Å². The van der Waals surface area contributed by atoms with E-state index < -0.39 is 10.0 Å². The Bertz CT molecular complexity index is 946. The number of furan rings is 1. The predicted octanol–water partition coefficient (Wildman–Crippen LogP) is 2.51. The molecule has 1 aromatic carbocycles. The lowest BCUT2D eigenvalue weighted by molar-refractivity contribution is 0.0663. The molecule has 0 spiro atoms. The van der Waals surface area contributed by atoms with E-state index in [1.165, 1.54) is 16.4 Å². The van der Waals surface area contributed by atoms with Gasteiger partial charge in [-0.2, -0.15) is 4.31 Å². The fourth-order valence-corrected chi connectivity index (χ4v) is 4.99. The van der Waals surface area contributed by atoms with Crippen LogP contribution in [0.3, 0.4) is 0 Å². The number of phenolic OH excluding ortho intramolecular Hbond substituents is 1. The Morgan fingerprint density at radius 2 is 1.81 bits per heavy atom. The molecule has 26 heavy (non-hydrogen) atoms. The molecule has 1 saturated heterocycles. The van der Waals surface area contributed by atoms with Crippen molar-refractivity contribution in [1.82, 2.24) is 9.21 Å². The van der Waals surface area contributed by atoms with Crippen LogP contribution < -0.4 is 0 Å². The molecular formula is C17H19BrN2O5S. The Kier molecular flexibility index (Phi) is 5.14. The summed E-state index contributed by atoms with van der Waals surface area (Å²) in [6.07, 6.45) is 0. The van der Waals surface area contributed by atoms with E-state index in [4.69, 9.17) is 4.42 Å². The van der Waals surface area contributed by atoms with Crippen molar-refractivity contribution in [3.63, 3.8) is 0 Å². The molecule has 0 radical (unpaired) electrons. The minimum atomic E-state index is -3.82. The van der Waals surface area contributed by atoms with Gasteiger partial charge in [-0.1, -0.05) is 6.07 Å². The maximum atomic E-state index is 12.8. The number of benzene rings is 1. The van der Waals surface area contributed by atoms with Gasteiger partial charge >= 0.3 is 0 Å². The molecule has 140 valence electrons. The number of piperazine rings is 1. The largest absolute Gasteiger partial charge is 0.507 e. The average molecular weight is 443 g/mol. The van der Waals surface area contributed by atoms with Crippen molar-refractivity contribution in [1.29, 1.82) is 0 Å². The van der Waals surface area contributed by atoms with Crippen molar-refractivity contribution in [2.75, 3.05) is 26.2 Å². The predicted molar refractivity (Wildman–Crippen MR) is 98.7 cm³/mol. The first kappa shape index (κ1) is 18.9. The van der Waals surface area contributed by atoms with E-state index in [1.807, 2.05) is 0 Å². The summed E-state index contributed by atoms with van der Waals surface area (Å²) in [4.78, 5) is 14.0. The molecule has 1 aliphatic rings. The maximum Gasteiger partial charge on any atom is 0.289 e.